The van der Waals surface area contributed by atoms with Crippen LogP contribution in [0, 0.1) is 11.8 Å². The fraction of sp³-hybridized carbons (Fsp3) is 0.826. The normalized spacial score (nSPS) is 31.7. The van der Waals surface area contributed by atoms with Gasteiger partial charge in [0, 0.05) is 25.2 Å². The molecule has 1 aliphatic carbocycles. The molecule has 6 heteroatoms. The fourth-order valence-corrected chi connectivity index (χ4v) is 4.97. The van der Waals surface area contributed by atoms with Crippen LogP contribution in [0.25, 0.3) is 0 Å². The van der Waals surface area contributed by atoms with Gasteiger partial charge in [0.05, 0.1) is 6.10 Å². The number of fused-ring (bicyclic) bond motifs is 1. The van der Waals surface area contributed by atoms with Crippen LogP contribution in [0.3, 0.4) is 0 Å². The number of ketones is 1. The number of aliphatic carboxylic acids is 1. The molecule has 0 amide bonds. The first kappa shape index (κ1) is 24.0. The van der Waals surface area contributed by atoms with Gasteiger partial charge in [0.1, 0.15) is 5.78 Å². The van der Waals surface area contributed by atoms with Crippen molar-refractivity contribution in [2.24, 2.45) is 11.8 Å². The number of Topliss-reactive ketones (excluding diaryl/α,β-unsaturated/α-hetero) is 1. The molecule has 166 valence electrons. The van der Waals surface area contributed by atoms with Gasteiger partial charge in [-0.15, -0.1) is 0 Å². The zero-order valence-corrected chi connectivity index (χ0v) is 17.9. The third kappa shape index (κ3) is 5.88. The molecule has 0 bridgehead atoms. The molecule has 1 saturated heterocycles. The van der Waals surface area contributed by atoms with Crippen molar-refractivity contribution < 1.29 is 28.9 Å². The quantitative estimate of drug-likeness (QED) is 0.350. The highest BCUT2D eigenvalue weighted by Gasteiger charge is 2.58. The number of carboxylic acid groups (broad SMARTS) is 1. The van der Waals surface area contributed by atoms with Gasteiger partial charge < -0.3 is 14.9 Å². The topological polar surface area (TPSA) is 83.8 Å². The molecule has 2 N–H and O–H groups in total. The lowest BCUT2D eigenvalue weighted by atomic mass is 9.78. The van der Waals surface area contributed by atoms with Crippen LogP contribution in [-0.4, -0.2) is 39.5 Å². The number of allylic oxidation sites excluding steroid dienone is 1. The summed E-state index contributed by atoms with van der Waals surface area (Å²) in [5.41, 5.74) is -1.94. The van der Waals surface area contributed by atoms with E-state index < -0.39 is 23.5 Å². The molecule has 2 rings (SSSR count). The third-order valence-corrected chi connectivity index (χ3v) is 6.60. The van der Waals surface area contributed by atoms with Crippen molar-refractivity contribution in [3.05, 3.63) is 12.2 Å². The highest BCUT2D eigenvalue weighted by molar-refractivity contribution is 5.84. The van der Waals surface area contributed by atoms with E-state index in [0.717, 1.165) is 32.1 Å². The first-order chi connectivity index (χ1) is 13.8. The van der Waals surface area contributed by atoms with E-state index >= 15 is 4.39 Å². The van der Waals surface area contributed by atoms with Gasteiger partial charge in [0.2, 0.25) is 5.79 Å². The summed E-state index contributed by atoms with van der Waals surface area (Å²) in [6.07, 6.45) is 9.60. The number of aliphatic hydroxyl groups is 1. The monoisotopic (exact) mass is 412 g/mol. The highest BCUT2D eigenvalue weighted by Crippen LogP contribution is 2.49. The van der Waals surface area contributed by atoms with Gasteiger partial charge in [-0.1, -0.05) is 38.7 Å². The van der Waals surface area contributed by atoms with Crippen LogP contribution in [0.15, 0.2) is 12.2 Å². The SMILES string of the molecule is CC=CC(F)(CCCC)C1(O)CCC2C(CC(=O)C2CCCCCCC(=O)O)O1. The van der Waals surface area contributed by atoms with Crippen LogP contribution in [0.4, 0.5) is 4.39 Å². The lowest BCUT2D eigenvalue weighted by Crippen LogP contribution is -2.57. The summed E-state index contributed by atoms with van der Waals surface area (Å²) in [5, 5.41) is 19.8. The van der Waals surface area contributed by atoms with E-state index in [1.165, 1.54) is 6.08 Å². The van der Waals surface area contributed by atoms with Gasteiger partial charge >= 0.3 is 5.97 Å². The first-order valence-electron chi connectivity index (χ1n) is 11.2. The predicted octanol–water partition coefficient (Wildman–Crippen LogP) is 4.96. The van der Waals surface area contributed by atoms with Crippen LogP contribution < -0.4 is 0 Å². The number of rotatable bonds is 12. The Morgan fingerprint density at radius 2 is 2.03 bits per heavy atom. The first-order valence-corrected chi connectivity index (χ1v) is 11.2. The maximum Gasteiger partial charge on any atom is 0.303 e. The minimum Gasteiger partial charge on any atom is -0.481 e. The van der Waals surface area contributed by atoms with Crippen LogP contribution >= 0.6 is 0 Å². The molecule has 1 saturated carbocycles. The summed E-state index contributed by atoms with van der Waals surface area (Å²) in [6.45, 7) is 3.72. The Labute approximate surface area is 173 Å². The molecule has 0 aromatic carbocycles. The van der Waals surface area contributed by atoms with Gasteiger partial charge in [-0.25, -0.2) is 4.39 Å². The molecule has 0 radical (unpaired) electrons. The Bertz CT molecular complexity index is 592. The summed E-state index contributed by atoms with van der Waals surface area (Å²) < 4.78 is 21.6. The molecule has 2 fully saturated rings. The molecule has 1 heterocycles. The Balaban J connectivity index is 1.93. The number of carbonyl (C=O) groups excluding carboxylic acids is 1. The number of hydrogen-bond donors (Lipinski definition) is 2. The molecule has 2 aliphatic rings. The Morgan fingerprint density at radius 3 is 2.69 bits per heavy atom. The van der Waals surface area contributed by atoms with Gasteiger partial charge in [0.15, 0.2) is 5.67 Å². The summed E-state index contributed by atoms with van der Waals surface area (Å²) in [7, 11) is 0. The zero-order chi connectivity index (χ0) is 21.5. The molecule has 0 aromatic heterocycles. The number of alkyl halides is 1. The smallest absolute Gasteiger partial charge is 0.303 e. The summed E-state index contributed by atoms with van der Waals surface area (Å²) in [6, 6.07) is 0. The number of ether oxygens (including phenoxy) is 1. The minimum absolute atomic E-state index is 0.0443. The second-order valence-electron chi connectivity index (χ2n) is 8.73. The molecule has 0 spiro atoms. The van der Waals surface area contributed by atoms with Crippen LogP contribution in [-0.2, 0) is 14.3 Å². The van der Waals surface area contributed by atoms with Crippen molar-refractivity contribution in [3.63, 3.8) is 0 Å². The van der Waals surface area contributed by atoms with Gasteiger partial charge in [-0.05, 0) is 51.0 Å². The fourth-order valence-electron chi connectivity index (χ4n) is 4.97. The van der Waals surface area contributed by atoms with Crippen molar-refractivity contribution in [1.82, 2.24) is 0 Å². The average molecular weight is 413 g/mol. The van der Waals surface area contributed by atoms with Crippen molar-refractivity contribution in [3.8, 4) is 0 Å². The van der Waals surface area contributed by atoms with Crippen LogP contribution in [0.1, 0.15) is 90.9 Å². The molecule has 5 unspecified atom stereocenters. The van der Waals surface area contributed by atoms with Crippen molar-refractivity contribution in [1.29, 1.82) is 0 Å². The number of hydrogen-bond acceptors (Lipinski definition) is 4. The summed E-state index contributed by atoms with van der Waals surface area (Å²) in [4.78, 5) is 23.1. The van der Waals surface area contributed by atoms with E-state index in [0.29, 0.717) is 19.3 Å². The molecule has 1 aliphatic heterocycles. The van der Waals surface area contributed by atoms with Crippen molar-refractivity contribution in [2.75, 3.05) is 0 Å². The Hall–Kier alpha value is -1.27. The standard InChI is InChI=1S/C23H37FO5/c1-3-5-14-22(24,13-4-2)23(28)15-12-18-17(19(25)16-20(18)29-23)10-8-6-7-9-11-21(26)27/h4,13,17-18,20,28H,3,5-12,14-16H2,1-2H3,(H,26,27). The molecule has 29 heavy (non-hydrogen) atoms. The second-order valence-corrected chi connectivity index (χ2v) is 8.73. The number of carbonyl (C=O) groups is 2. The highest BCUT2D eigenvalue weighted by atomic mass is 19.1. The van der Waals surface area contributed by atoms with E-state index in [9.17, 15) is 14.7 Å². The molecular weight excluding hydrogens is 375 g/mol. The Kier molecular flexibility index (Phi) is 8.83. The zero-order valence-electron chi connectivity index (χ0n) is 17.9. The van der Waals surface area contributed by atoms with Gasteiger partial charge in [-0.2, -0.15) is 0 Å². The van der Waals surface area contributed by atoms with E-state index in [-0.39, 0.29) is 43.3 Å². The van der Waals surface area contributed by atoms with Gasteiger partial charge in [0.25, 0.3) is 0 Å². The van der Waals surface area contributed by atoms with E-state index in [4.69, 9.17) is 9.84 Å². The van der Waals surface area contributed by atoms with Crippen LogP contribution in [0.5, 0.6) is 0 Å². The van der Waals surface area contributed by atoms with Crippen molar-refractivity contribution >= 4 is 11.8 Å². The lowest BCUT2D eigenvalue weighted by Gasteiger charge is -2.46. The number of unbranched alkanes of at least 4 members (excludes halogenated alkanes) is 4. The average Bonchev–Trinajstić information content (AvgIpc) is 2.96. The Morgan fingerprint density at radius 1 is 1.31 bits per heavy atom. The maximum absolute atomic E-state index is 15.7. The number of carboxylic acids is 1. The van der Waals surface area contributed by atoms with E-state index in [1.807, 2.05) is 6.92 Å². The van der Waals surface area contributed by atoms with Gasteiger partial charge in [-0.3, -0.25) is 9.59 Å². The summed E-state index contributed by atoms with van der Waals surface area (Å²) in [5.74, 6) is -2.54. The number of halogens is 1. The van der Waals surface area contributed by atoms with Crippen molar-refractivity contribution in [2.45, 2.75) is 108 Å². The van der Waals surface area contributed by atoms with Crippen LogP contribution in [0.2, 0.25) is 0 Å². The minimum atomic E-state index is -1.94. The molecule has 5 atom stereocenters. The molecular formula is C23H37FO5. The van der Waals surface area contributed by atoms with E-state index in [2.05, 4.69) is 0 Å². The van der Waals surface area contributed by atoms with E-state index in [1.54, 1.807) is 13.0 Å². The summed E-state index contributed by atoms with van der Waals surface area (Å²) >= 11 is 0. The largest absolute Gasteiger partial charge is 0.481 e. The third-order valence-electron chi connectivity index (χ3n) is 6.60. The molecule has 5 nitrogen and oxygen atoms in total. The second kappa shape index (κ2) is 10.7. The molecule has 0 aromatic rings. The maximum atomic E-state index is 15.7. The lowest BCUT2D eigenvalue weighted by molar-refractivity contribution is -0.313. The predicted molar refractivity (Wildman–Crippen MR) is 109 cm³/mol.